The molecular formula is C17H26N2O3. The zero-order valence-corrected chi connectivity index (χ0v) is 13.9. The molecule has 1 atom stereocenters. The highest BCUT2D eigenvalue weighted by Gasteiger charge is 2.33. The number of nitrogens with zero attached hydrogens (tertiary/aromatic N) is 2. The first kappa shape index (κ1) is 16.9. The molecule has 0 aliphatic carbocycles. The number of carbonyl (C=O) groups excluding carboxylic acids is 1. The van der Waals surface area contributed by atoms with Gasteiger partial charge in [0.05, 0.1) is 18.3 Å². The van der Waals surface area contributed by atoms with Gasteiger partial charge in [-0.15, -0.1) is 0 Å². The Labute approximate surface area is 132 Å². The first-order valence-corrected chi connectivity index (χ1v) is 7.63. The van der Waals surface area contributed by atoms with E-state index in [9.17, 15) is 9.90 Å². The first-order valence-electron chi connectivity index (χ1n) is 7.63. The molecule has 1 fully saturated rings. The molecule has 1 aromatic carbocycles. The summed E-state index contributed by atoms with van der Waals surface area (Å²) in [6, 6.07) is 7.71. The average molecular weight is 306 g/mol. The fourth-order valence-corrected chi connectivity index (χ4v) is 2.98. The van der Waals surface area contributed by atoms with Gasteiger partial charge in [-0.05, 0) is 25.5 Å². The third kappa shape index (κ3) is 4.06. The summed E-state index contributed by atoms with van der Waals surface area (Å²) in [5.74, 6) is 0.0156. The van der Waals surface area contributed by atoms with Crippen LogP contribution in [-0.2, 0) is 11.3 Å². The number of ether oxygens (including phenoxy) is 1. The van der Waals surface area contributed by atoms with Crippen LogP contribution in [-0.4, -0.2) is 66.3 Å². The summed E-state index contributed by atoms with van der Waals surface area (Å²) in [6.07, 6.45) is -0.180. The molecule has 1 aromatic rings. The number of hydrogen-bond donors (Lipinski definition) is 1. The van der Waals surface area contributed by atoms with E-state index in [0.29, 0.717) is 13.1 Å². The molecule has 5 heteroatoms. The van der Waals surface area contributed by atoms with Gasteiger partial charge in [0, 0.05) is 39.3 Å². The minimum atomic E-state index is -0.299. The van der Waals surface area contributed by atoms with E-state index < -0.39 is 0 Å². The predicted molar refractivity (Wildman–Crippen MR) is 85.8 cm³/mol. The second-order valence-corrected chi connectivity index (χ2v) is 6.71. The van der Waals surface area contributed by atoms with Crippen molar-refractivity contribution in [2.24, 2.45) is 0 Å². The van der Waals surface area contributed by atoms with Crippen molar-refractivity contribution in [3.05, 3.63) is 35.4 Å². The van der Waals surface area contributed by atoms with E-state index >= 15 is 0 Å². The van der Waals surface area contributed by atoms with Crippen molar-refractivity contribution in [3.63, 3.8) is 0 Å². The molecule has 2 rings (SSSR count). The second kappa shape index (κ2) is 6.77. The molecule has 1 aliphatic heterocycles. The van der Waals surface area contributed by atoms with Gasteiger partial charge in [-0.2, -0.15) is 0 Å². The van der Waals surface area contributed by atoms with Crippen LogP contribution in [0.25, 0.3) is 0 Å². The van der Waals surface area contributed by atoms with Gasteiger partial charge >= 0.3 is 0 Å². The van der Waals surface area contributed by atoms with Gasteiger partial charge in [0.1, 0.15) is 0 Å². The minimum Gasteiger partial charge on any atom is -0.394 e. The minimum absolute atomic E-state index is 0.0121. The first-order chi connectivity index (χ1) is 10.3. The van der Waals surface area contributed by atoms with Gasteiger partial charge in [-0.1, -0.05) is 18.2 Å². The standard InChI is InChI=1S/C17H26N2O3/c1-17(2)12-19(10-14(11-20)22-17)9-13-7-5-6-8-15(13)16(21)18(3)4/h5-8,14,20H,9-12H2,1-4H3. The summed E-state index contributed by atoms with van der Waals surface area (Å²) in [6.45, 7) is 6.19. The van der Waals surface area contributed by atoms with Crippen molar-refractivity contribution in [1.82, 2.24) is 9.80 Å². The van der Waals surface area contributed by atoms with Gasteiger partial charge in [-0.3, -0.25) is 9.69 Å². The van der Waals surface area contributed by atoms with Crippen LogP contribution in [0.5, 0.6) is 0 Å². The second-order valence-electron chi connectivity index (χ2n) is 6.71. The zero-order valence-electron chi connectivity index (χ0n) is 13.9. The number of carbonyl (C=O) groups is 1. The van der Waals surface area contributed by atoms with Gasteiger partial charge in [0.2, 0.25) is 0 Å². The van der Waals surface area contributed by atoms with Crippen molar-refractivity contribution >= 4 is 5.91 Å². The Morgan fingerprint density at radius 1 is 1.41 bits per heavy atom. The maximum absolute atomic E-state index is 12.3. The lowest BCUT2D eigenvalue weighted by Crippen LogP contribution is -2.53. The van der Waals surface area contributed by atoms with E-state index in [1.54, 1.807) is 19.0 Å². The van der Waals surface area contributed by atoms with Crippen molar-refractivity contribution in [3.8, 4) is 0 Å². The molecule has 0 saturated carbocycles. The lowest BCUT2D eigenvalue weighted by molar-refractivity contribution is -0.150. The molecule has 1 saturated heterocycles. The number of hydrogen-bond acceptors (Lipinski definition) is 4. The highest BCUT2D eigenvalue weighted by molar-refractivity contribution is 5.95. The molecule has 1 heterocycles. The summed E-state index contributed by atoms with van der Waals surface area (Å²) < 4.78 is 5.84. The van der Waals surface area contributed by atoms with Crippen LogP contribution in [0.4, 0.5) is 0 Å². The molecular weight excluding hydrogens is 280 g/mol. The van der Waals surface area contributed by atoms with E-state index in [4.69, 9.17) is 4.74 Å². The van der Waals surface area contributed by atoms with Crippen molar-refractivity contribution < 1.29 is 14.6 Å². The van der Waals surface area contributed by atoms with E-state index in [0.717, 1.165) is 17.7 Å². The van der Waals surface area contributed by atoms with Crippen LogP contribution >= 0.6 is 0 Å². The van der Waals surface area contributed by atoms with Crippen LogP contribution in [0.2, 0.25) is 0 Å². The molecule has 1 amide bonds. The highest BCUT2D eigenvalue weighted by Crippen LogP contribution is 2.23. The van der Waals surface area contributed by atoms with Crippen LogP contribution < -0.4 is 0 Å². The Kier molecular flexibility index (Phi) is 5.21. The van der Waals surface area contributed by atoms with Crippen LogP contribution in [0.3, 0.4) is 0 Å². The molecule has 22 heavy (non-hydrogen) atoms. The molecule has 0 bridgehead atoms. The summed E-state index contributed by atoms with van der Waals surface area (Å²) in [5.41, 5.74) is 1.44. The fraction of sp³-hybridized carbons (Fsp3) is 0.588. The largest absolute Gasteiger partial charge is 0.394 e. The van der Waals surface area contributed by atoms with E-state index in [2.05, 4.69) is 4.90 Å². The quantitative estimate of drug-likeness (QED) is 0.912. The number of morpholine rings is 1. The highest BCUT2D eigenvalue weighted by atomic mass is 16.5. The molecule has 1 aliphatic rings. The van der Waals surface area contributed by atoms with Crippen LogP contribution in [0, 0.1) is 0 Å². The smallest absolute Gasteiger partial charge is 0.253 e. The fourth-order valence-electron chi connectivity index (χ4n) is 2.98. The lowest BCUT2D eigenvalue weighted by atomic mass is 10.0. The zero-order chi connectivity index (χ0) is 16.3. The Morgan fingerprint density at radius 2 is 2.09 bits per heavy atom. The number of benzene rings is 1. The third-order valence-corrected chi connectivity index (χ3v) is 3.80. The topological polar surface area (TPSA) is 53.0 Å². The maximum Gasteiger partial charge on any atom is 0.253 e. The number of aliphatic hydroxyl groups is 1. The van der Waals surface area contributed by atoms with E-state index in [1.165, 1.54) is 0 Å². The Morgan fingerprint density at radius 3 is 2.73 bits per heavy atom. The molecule has 1 N–H and O–H groups in total. The molecule has 0 radical (unpaired) electrons. The normalized spacial score (nSPS) is 21.6. The van der Waals surface area contributed by atoms with Crippen molar-refractivity contribution in [2.45, 2.75) is 32.1 Å². The molecule has 1 unspecified atom stereocenters. The monoisotopic (exact) mass is 306 g/mol. The Hall–Kier alpha value is -1.43. The number of aliphatic hydroxyl groups excluding tert-OH is 1. The summed E-state index contributed by atoms with van der Waals surface area (Å²) in [5, 5.41) is 9.41. The Balaban J connectivity index is 2.18. The van der Waals surface area contributed by atoms with Gasteiger partial charge in [0.15, 0.2) is 0 Å². The van der Waals surface area contributed by atoms with Gasteiger partial charge < -0.3 is 14.7 Å². The van der Waals surface area contributed by atoms with Crippen molar-refractivity contribution in [2.75, 3.05) is 33.8 Å². The van der Waals surface area contributed by atoms with Gasteiger partial charge in [-0.25, -0.2) is 0 Å². The van der Waals surface area contributed by atoms with Crippen molar-refractivity contribution in [1.29, 1.82) is 0 Å². The predicted octanol–water partition coefficient (Wildman–Crippen LogP) is 1.36. The van der Waals surface area contributed by atoms with E-state index in [1.807, 2.05) is 38.1 Å². The van der Waals surface area contributed by atoms with Crippen LogP contribution in [0.15, 0.2) is 24.3 Å². The summed E-state index contributed by atoms with van der Waals surface area (Å²) in [4.78, 5) is 16.1. The number of rotatable bonds is 4. The lowest BCUT2D eigenvalue weighted by Gasteiger charge is -2.42. The maximum atomic E-state index is 12.3. The molecule has 0 spiro atoms. The molecule has 122 valence electrons. The summed E-state index contributed by atoms with van der Waals surface area (Å²) in [7, 11) is 3.53. The van der Waals surface area contributed by atoms with Gasteiger partial charge in [0.25, 0.3) is 5.91 Å². The molecule has 5 nitrogen and oxygen atoms in total. The SMILES string of the molecule is CN(C)C(=O)c1ccccc1CN1CC(CO)OC(C)(C)C1. The molecule has 0 aromatic heterocycles. The third-order valence-electron chi connectivity index (χ3n) is 3.80. The average Bonchev–Trinajstić information content (AvgIpc) is 2.45. The van der Waals surface area contributed by atoms with Crippen LogP contribution in [0.1, 0.15) is 29.8 Å². The van der Waals surface area contributed by atoms with E-state index in [-0.39, 0.29) is 24.2 Å². The Bertz CT molecular complexity index is 528. The number of amides is 1. The summed E-state index contributed by atoms with van der Waals surface area (Å²) >= 11 is 0.